The summed E-state index contributed by atoms with van der Waals surface area (Å²) in [7, 11) is 0. The van der Waals surface area contributed by atoms with Crippen LogP contribution < -0.4 is 11.1 Å². The maximum atomic E-state index is 12.3. The van der Waals surface area contributed by atoms with Crippen molar-refractivity contribution in [3.63, 3.8) is 0 Å². The summed E-state index contributed by atoms with van der Waals surface area (Å²) < 4.78 is 2.68. The number of rotatable bonds is 3. The van der Waals surface area contributed by atoms with Crippen LogP contribution in [0.2, 0.25) is 0 Å². The Morgan fingerprint density at radius 1 is 1.08 bits per heavy atom. The summed E-state index contributed by atoms with van der Waals surface area (Å²) in [4.78, 5) is 25.1. The average Bonchev–Trinajstić information content (AvgIpc) is 3.01. The van der Waals surface area contributed by atoms with Gasteiger partial charge in [-0.05, 0) is 24.3 Å². The summed E-state index contributed by atoms with van der Waals surface area (Å²) in [6, 6.07) is 12.5. The normalized spacial score (nSPS) is 10.8. The molecule has 4 aromatic rings. The van der Waals surface area contributed by atoms with E-state index >= 15 is 0 Å². The highest BCUT2D eigenvalue weighted by atomic mass is 127. The molecular formula is C18H13IN6O. The van der Waals surface area contributed by atoms with E-state index in [0.717, 1.165) is 20.6 Å². The Morgan fingerprint density at radius 2 is 1.88 bits per heavy atom. The summed E-state index contributed by atoms with van der Waals surface area (Å²) in [6.45, 7) is 0. The van der Waals surface area contributed by atoms with Crippen molar-refractivity contribution in [2.75, 3.05) is 11.1 Å². The smallest absolute Gasteiger partial charge is 0.256 e. The molecule has 8 heteroatoms. The molecule has 0 bridgehead atoms. The topological polar surface area (TPSA) is 98.2 Å². The van der Waals surface area contributed by atoms with Crippen LogP contribution in [0.5, 0.6) is 0 Å². The Labute approximate surface area is 162 Å². The zero-order valence-electron chi connectivity index (χ0n) is 13.4. The number of nitrogens with two attached hydrogens (primary N) is 1. The molecule has 0 saturated heterocycles. The molecule has 1 aromatic carbocycles. The Bertz CT molecular complexity index is 1090. The lowest BCUT2D eigenvalue weighted by Gasteiger charge is -2.05. The summed E-state index contributed by atoms with van der Waals surface area (Å²) in [6.07, 6.45) is 5.09. The Balaban J connectivity index is 1.66. The second-order valence-electron chi connectivity index (χ2n) is 5.51. The number of halogens is 1. The maximum absolute atomic E-state index is 12.3. The number of pyridine rings is 1. The molecule has 0 unspecified atom stereocenters. The molecule has 0 aliphatic carbocycles. The van der Waals surface area contributed by atoms with E-state index in [4.69, 9.17) is 5.73 Å². The molecule has 4 rings (SSSR count). The quantitative estimate of drug-likeness (QED) is 0.462. The van der Waals surface area contributed by atoms with E-state index in [-0.39, 0.29) is 5.91 Å². The highest BCUT2D eigenvalue weighted by Crippen LogP contribution is 2.28. The number of anilines is 2. The minimum atomic E-state index is -0.222. The van der Waals surface area contributed by atoms with E-state index < -0.39 is 0 Å². The van der Waals surface area contributed by atoms with E-state index in [0.29, 0.717) is 17.2 Å². The number of fused-ring (bicyclic) bond motifs is 1. The molecule has 3 N–H and O–H groups in total. The standard InChI is InChI=1S/C18H13IN6O/c19-18-24-14(15-16(20)22-9-10-25(15)18)11-4-6-12(7-5-11)17(26)23-13-3-1-2-8-21-13/h1-10H,(H2,20,22)(H,21,23,26). The van der Waals surface area contributed by atoms with Crippen LogP contribution in [0.1, 0.15) is 10.4 Å². The molecule has 0 aliphatic heterocycles. The first-order chi connectivity index (χ1) is 12.6. The van der Waals surface area contributed by atoms with E-state index in [1.807, 2.05) is 28.8 Å². The number of imidazole rings is 1. The first-order valence-corrected chi connectivity index (χ1v) is 8.82. The van der Waals surface area contributed by atoms with Gasteiger partial charge in [0.2, 0.25) is 0 Å². The van der Waals surface area contributed by atoms with Crippen molar-refractivity contribution >= 4 is 45.7 Å². The largest absolute Gasteiger partial charge is 0.382 e. The van der Waals surface area contributed by atoms with Crippen LogP contribution in [0.25, 0.3) is 16.8 Å². The molecule has 0 fully saturated rings. The number of hydrogen-bond donors (Lipinski definition) is 2. The highest BCUT2D eigenvalue weighted by Gasteiger charge is 2.15. The lowest BCUT2D eigenvalue weighted by atomic mass is 10.1. The Kier molecular flexibility index (Phi) is 4.25. The first kappa shape index (κ1) is 16.5. The highest BCUT2D eigenvalue weighted by molar-refractivity contribution is 14.1. The Hall–Kier alpha value is -3.01. The van der Waals surface area contributed by atoms with Crippen molar-refractivity contribution in [3.8, 4) is 11.3 Å². The van der Waals surface area contributed by atoms with Gasteiger partial charge in [-0.15, -0.1) is 0 Å². The van der Waals surface area contributed by atoms with Gasteiger partial charge in [-0.25, -0.2) is 15.0 Å². The van der Waals surface area contributed by atoms with Crippen molar-refractivity contribution in [1.29, 1.82) is 0 Å². The molecule has 7 nitrogen and oxygen atoms in total. The Morgan fingerprint density at radius 3 is 2.62 bits per heavy atom. The molecule has 0 saturated carbocycles. The molecule has 128 valence electrons. The van der Waals surface area contributed by atoms with E-state index in [1.165, 1.54) is 0 Å². The zero-order valence-corrected chi connectivity index (χ0v) is 15.6. The molecule has 1 amide bonds. The van der Waals surface area contributed by atoms with Crippen molar-refractivity contribution < 1.29 is 4.79 Å². The van der Waals surface area contributed by atoms with Crippen molar-refractivity contribution in [2.24, 2.45) is 0 Å². The van der Waals surface area contributed by atoms with Gasteiger partial charge < -0.3 is 11.1 Å². The van der Waals surface area contributed by atoms with Crippen LogP contribution >= 0.6 is 22.6 Å². The molecule has 3 aromatic heterocycles. The third-order valence-electron chi connectivity index (χ3n) is 3.87. The third kappa shape index (κ3) is 2.99. The fourth-order valence-corrected chi connectivity index (χ4v) is 3.28. The van der Waals surface area contributed by atoms with E-state index in [9.17, 15) is 4.79 Å². The van der Waals surface area contributed by atoms with Crippen LogP contribution in [0.4, 0.5) is 11.6 Å². The maximum Gasteiger partial charge on any atom is 0.256 e. The number of nitrogens with zero attached hydrogens (tertiary/aromatic N) is 4. The number of hydrogen-bond acceptors (Lipinski definition) is 5. The first-order valence-electron chi connectivity index (χ1n) is 7.74. The molecule has 0 spiro atoms. The van der Waals surface area contributed by atoms with Gasteiger partial charge in [0.15, 0.2) is 3.83 Å². The number of aromatic nitrogens is 4. The van der Waals surface area contributed by atoms with Gasteiger partial charge in [-0.1, -0.05) is 18.2 Å². The van der Waals surface area contributed by atoms with Gasteiger partial charge in [0.1, 0.15) is 22.8 Å². The summed E-state index contributed by atoms with van der Waals surface area (Å²) in [5, 5.41) is 2.76. The van der Waals surface area contributed by atoms with Gasteiger partial charge in [-0.2, -0.15) is 0 Å². The average molecular weight is 456 g/mol. The van der Waals surface area contributed by atoms with Crippen LogP contribution in [0.3, 0.4) is 0 Å². The number of carbonyl (C=O) groups is 1. The van der Waals surface area contributed by atoms with Gasteiger partial charge in [0, 0.05) is 52.3 Å². The van der Waals surface area contributed by atoms with E-state index in [2.05, 4.69) is 42.9 Å². The van der Waals surface area contributed by atoms with Crippen molar-refractivity contribution in [3.05, 3.63) is 70.4 Å². The number of nitrogen functional groups attached to an aromatic ring is 1. The minimum absolute atomic E-state index is 0.222. The lowest BCUT2D eigenvalue weighted by molar-refractivity contribution is 0.102. The second-order valence-corrected chi connectivity index (χ2v) is 6.47. The minimum Gasteiger partial charge on any atom is -0.382 e. The fraction of sp³-hybridized carbons (Fsp3) is 0. The second kappa shape index (κ2) is 6.71. The van der Waals surface area contributed by atoms with Gasteiger partial charge in [0.05, 0.1) is 0 Å². The van der Waals surface area contributed by atoms with Gasteiger partial charge >= 0.3 is 0 Å². The van der Waals surface area contributed by atoms with Crippen LogP contribution in [0.15, 0.2) is 61.1 Å². The van der Waals surface area contributed by atoms with Crippen LogP contribution in [0, 0.1) is 3.83 Å². The van der Waals surface area contributed by atoms with Gasteiger partial charge in [-0.3, -0.25) is 9.20 Å². The molecular weight excluding hydrogens is 443 g/mol. The molecule has 26 heavy (non-hydrogen) atoms. The summed E-state index contributed by atoms with van der Waals surface area (Å²) >= 11 is 2.15. The number of amides is 1. The van der Waals surface area contributed by atoms with Crippen LogP contribution in [-0.2, 0) is 0 Å². The zero-order chi connectivity index (χ0) is 18.1. The summed E-state index contributed by atoms with van der Waals surface area (Å²) in [5.41, 5.74) is 8.90. The molecule has 0 atom stereocenters. The fourth-order valence-electron chi connectivity index (χ4n) is 2.63. The van der Waals surface area contributed by atoms with Gasteiger partial charge in [0.25, 0.3) is 5.91 Å². The molecule has 0 aliphatic rings. The predicted molar refractivity (Wildman–Crippen MR) is 108 cm³/mol. The van der Waals surface area contributed by atoms with Crippen molar-refractivity contribution in [1.82, 2.24) is 19.4 Å². The van der Waals surface area contributed by atoms with Crippen LogP contribution in [-0.4, -0.2) is 25.3 Å². The number of carbonyl (C=O) groups excluding carboxylic acids is 1. The monoisotopic (exact) mass is 456 g/mol. The SMILES string of the molecule is Nc1nccn2c(I)nc(-c3ccc(C(=O)Nc4ccccn4)cc3)c12. The van der Waals surface area contributed by atoms with E-state index in [1.54, 1.807) is 36.7 Å². The molecule has 0 radical (unpaired) electrons. The lowest BCUT2D eigenvalue weighted by Crippen LogP contribution is -2.12. The number of nitrogens with one attached hydrogen (secondary N) is 1. The third-order valence-corrected chi connectivity index (χ3v) is 4.63. The number of benzene rings is 1. The van der Waals surface area contributed by atoms with Crippen molar-refractivity contribution in [2.45, 2.75) is 0 Å². The predicted octanol–water partition coefficient (Wildman–Crippen LogP) is 3.23. The summed E-state index contributed by atoms with van der Waals surface area (Å²) in [5.74, 6) is 0.700. The molecule has 3 heterocycles.